The number of hydrogen-bond donors (Lipinski definition) is 0. The lowest BCUT2D eigenvalue weighted by atomic mass is 9.99. The van der Waals surface area contributed by atoms with Gasteiger partial charge in [0.2, 0.25) is 5.95 Å². The van der Waals surface area contributed by atoms with Crippen LogP contribution in [0.5, 0.6) is 0 Å². The van der Waals surface area contributed by atoms with Crippen LogP contribution in [0, 0.1) is 5.95 Å². The minimum atomic E-state index is -0.461. The third-order valence-electron chi connectivity index (χ3n) is 5.50. The lowest BCUT2D eigenvalue weighted by Gasteiger charge is -2.37. The zero-order chi connectivity index (χ0) is 19.8. The van der Waals surface area contributed by atoms with Crippen molar-refractivity contribution in [3.05, 3.63) is 46.4 Å². The van der Waals surface area contributed by atoms with Crippen molar-refractivity contribution in [1.29, 1.82) is 0 Å². The van der Waals surface area contributed by atoms with E-state index in [-0.39, 0.29) is 6.04 Å². The average molecular weight is 412 g/mol. The fourth-order valence-electron chi connectivity index (χ4n) is 3.95. The third kappa shape index (κ3) is 3.56. The van der Waals surface area contributed by atoms with Gasteiger partial charge in [0.1, 0.15) is 11.5 Å². The normalized spacial score (nSPS) is 19.3. The molecular formula is C20H21FN6OS. The maximum absolute atomic E-state index is 14.3. The van der Waals surface area contributed by atoms with E-state index in [0.717, 1.165) is 48.7 Å². The summed E-state index contributed by atoms with van der Waals surface area (Å²) in [4.78, 5) is 21.9. The Labute approximate surface area is 172 Å². The fourth-order valence-corrected chi connectivity index (χ4v) is 4.48. The van der Waals surface area contributed by atoms with Crippen molar-refractivity contribution in [2.45, 2.75) is 19.4 Å². The van der Waals surface area contributed by atoms with Crippen LogP contribution in [0.25, 0.3) is 11.5 Å². The third-order valence-corrected chi connectivity index (χ3v) is 6.09. The molecule has 0 aliphatic carbocycles. The topological polar surface area (TPSA) is 67.3 Å². The van der Waals surface area contributed by atoms with Crippen LogP contribution < -0.4 is 9.80 Å². The van der Waals surface area contributed by atoms with Crippen molar-refractivity contribution in [3.63, 3.8) is 0 Å². The first-order valence-electron chi connectivity index (χ1n) is 9.70. The average Bonchev–Trinajstić information content (AvgIpc) is 3.29. The molecule has 1 atom stereocenters. The van der Waals surface area contributed by atoms with Crippen LogP contribution in [-0.2, 0) is 11.2 Å². The van der Waals surface area contributed by atoms with Crippen LogP contribution in [0.15, 0.2) is 29.2 Å². The van der Waals surface area contributed by atoms with Gasteiger partial charge in [-0.05, 0) is 6.92 Å². The van der Waals surface area contributed by atoms with E-state index >= 15 is 0 Å². The van der Waals surface area contributed by atoms with E-state index in [1.165, 1.54) is 17.4 Å². The first-order chi connectivity index (χ1) is 14.2. The van der Waals surface area contributed by atoms with E-state index in [1.807, 2.05) is 17.6 Å². The first kappa shape index (κ1) is 18.4. The van der Waals surface area contributed by atoms with Crippen LogP contribution in [0.2, 0.25) is 0 Å². The van der Waals surface area contributed by atoms with Gasteiger partial charge in [0.15, 0.2) is 5.82 Å². The number of aromatic nitrogens is 4. The highest BCUT2D eigenvalue weighted by molar-refractivity contribution is 7.07. The molecule has 3 aromatic heterocycles. The number of rotatable bonds is 3. The molecule has 0 aromatic carbocycles. The van der Waals surface area contributed by atoms with Crippen molar-refractivity contribution in [2.75, 3.05) is 42.6 Å². The molecule has 5 heterocycles. The van der Waals surface area contributed by atoms with Crippen molar-refractivity contribution < 1.29 is 9.13 Å². The Morgan fingerprint density at radius 1 is 1.14 bits per heavy atom. The number of morpholine rings is 1. The molecule has 0 bridgehead atoms. The zero-order valence-corrected chi connectivity index (χ0v) is 16.9. The first-order valence-corrected chi connectivity index (χ1v) is 10.6. The van der Waals surface area contributed by atoms with Gasteiger partial charge in [-0.2, -0.15) is 4.39 Å². The second-order valence-electron chi connectivity index (χ2n) is 7.19. The zero-order valence-electron chi connectivity index (χ0n) is 16.1. The summed E-state index contributed by atoms with van der Waals surface area (Å²) in [5.74, 6) is 0.865. The van der Waals surface area contributed by atoms with Crippen LogP contribution >= 0.6 is 11.3 Å². The molecule has 0 radical (unpaired) electrons. The molecule has 0 spiro atoms. The van der Waals surface area contributed by atoms with Gasteiger partial charge in [0.05, 0.1) is 30.5 Å². The van der Waals surface area contributed by atoms with Gasteiger partial charge in [0, 0.05) is 61.0 Å². The quantitative estimate of drug-likeness (QED) is 0.613. The predicted molar refractivity (Wildman–Crippen MR) is 110 cm³/mol. The van der Waals surface area contributed by atoms with Gasteiger partial charge in [-0.15, -0.1) is 11.3 Å². The molecule has 1 fully saturated rings. The smallest absolute Gasteiger partial charge is 0.216 e. The Balaban J connectivity index is 1.44. The van der Waals surface area contributed by atoms with Crippen molar-refractivity contribution in [1.82, 2.24) is 19.9 Å². The van der Waals surface area contributed by atoms with E-state index in [9.17, 15) is 4.39 Å². The van der Waals surface area contributed by atoms with Gasteiger partial charge >= 0.3 is 0 Å². The van der Waals surface area contributed by atoms with E-state index in [2.05, 4.69) is 31.7 Å². The van der Waals surface area contributed by atoms with Crippen LogP contribution in [0.1, 0.15) is 24.2 Å². The highest BCUT2D eigenvalue weighted by Gasteiger charge is 2.27. The van der Waals surface area contributed by atoms with E-state index < -0.39 is 5.95 Å². The molecule has 29 heavy (non-hydrogen) atoms. The SMILES string of the molecule is CC1c2cnc(-c3cscn3)nc2CCN1c1cc(F)nc(N2CCOCC2)c1. The van der Waals surface area contributed by atoms with Crippen LogP contribution in [0.3, 0.4) is 0 Å². The minimum absolute atomic E-state index is 0.0440. The molecule has 9 heteroatoms. The number of hydrogen-bond acceptors (Lipinski definition) is 8. The lowest BCUT2D eigenvalue weighted by molar-refractivity contribution is 0.122. The lowest BCUT2D eigenvalue weighted by Crippen LogP contribution is -2.38. The maximum Gasteiger partial charge on any atom is 0.216 e. The summed E-state index contributed by atoms with van der Waals surface area (Å²) in [6.07, 6.45) is 2.66. The monoisotopic (exact) mass is 412 g/mol. The standard InChI is InChI=1S/C20H21FN6OS/c1-13-15-10-22-20(17-11-29-12-23-17)24-16(15)2-3-27(13)14-8-18(21)25-19(9-14)26-4-6-28-7-5-26/h8-13H,2-7H2,1H3. The Morgan fingerprint density at radius 3 is 2.79 bits per heavy atom. The number of halogens is 1. The van der Waals surface area contributed by atoms with Crippen molar-refractivity contribution in [2.24, 2.45) is 0 Å². The molecule has 1 saturated heterocycles. The van der Waals surface area contributed by atoms with E-state index in [0.29, 0.717) is 24.9 Å². The second-order valence-corrected chi connectivity index (χ2v) is 7.91. The number of ether oxygens (including phenoxy) is 1. The van der Waals surface area contributed by atoms with Crippen LogP contribution in [0.4, 0.5) is 15.9 Å². The Bertz CT molecular complexity index is 1010. The molecule has 0 N–H and O–H groups in total. The van der Waals surface area contributed by atoms with Gasteiger partial charge < -0.3 is 14.5 Å². The summed E-state index contributed by atoms with van der Waals surface area (Å²) >= 11 is 1.53. The van der Waals surface area contributed by atoms with Gasteiger partial charge in [0.25, 0.3) is 0 Å². The molecule has 7 nitrogen and oxygen atoms in total. The largest absolute Gasteiger partial charge is 0.378 e. The summed E-state index contributed by atoms with van der Waals surface area (Å²) in [6.45, 7) is 5.59. The summed E-state index contributed by atoms with van der Waals surface area (Å²) in [6, 6.07) is 3.53. The van der Waals surface area contributed by atoms with Gasteiger partial charge in [-0.1, -0.05) is 0 Å². The van der Waals surface area contributed by atoms with Crippen molar-refractivity contribution in [3.8, 4) is 11.5 Å². The highest BCUT2D eigenvalue weighted by atomic mass is 32.1. The van der Waals surface area contributed by atoms with Gasteiger partial charge in [-0.3, -0.25) is 0 Å². The Hall–Kier alpha value is -2.65. The fraction of sp³-hybridized carbons (Fsp3) is 0.400. The number of thiazole rings is 1. The summed E-state index contributed by atoms with van der Waals surface area (Å²) in [5, 5.41) is 1.95. The summed E-state index contributed by atoms with van der Waals surface area (Å²) in [7, 11) is 0. The number of nitrogens with zero attached hydrogens (tertiary/aromatic N) is 6. The van der Waals surface area contributed by atoms with Gasteiger partial charge in [-0.25, -0.2) is 19.9 Å². The number of anilines is 2. The molecule has 0 saturated carbocycles. The Kier molecular flexibility index (Phi) is 4.84. The predicted octanol–water partition coefficient (Wildman–Crippen LogP) is 3.09. The molecule has 0 amide bonds. The number of pyridine rings is 1. The molecule has 1 unspecified atom stereocenters. The minimum Gasteiger partial charge on any atom is -0.378 e. The second kappa shape index (κ2) is 7.64. The summed E-state index contributed by atoms with van der Waals surface area (Å²) in [5.41, 5.74) is 5.53. The van der Waals surface area contributed by atoms with E-state index in [4.69, 9.17) is 9.72 Å². The van der Waals surface area contributed by atoms with Crippen molar-refractivity contribution >= 4 is 22.8 Å². The number of fused-ring (bicyclic) bond motifs is 1. The molecule has 2 aliphatic rings. The molecular weight excluding hydrogens is 391 g/mol. The molecule has 5 rings (SSSR count). The molecule has 2 aliphatic heterocycles. The van der Waals surface area contributed by atoms with E-state index in [1.54, 1.807) is 5.51 Å². The highest BCUT2D eigenvalue weighted by Crippen LogP contribution is 2.34. The summed E-state index contributed by atoms with van der Waals surface area (Å²) < 4.78 is 19.7. The maximum atomic E-state index is 14.3. The Morgan fingerprint density at radius 2 is 2.00 bits per heavy atom. The molecule has 3 aromatic rings. The molecule has 150 valence electrons. The van der Waals surface area contributed by atoms with Crippen LogP contribution in [-0.4, -0.2) is 52.8 Å².